The van der Waals surface area contributed by atoms with Crippen LogP contribution in [0.5, 0.6) is 11.5 Å². The van der Waals surface area contributed by atoms with Crippen LogP contribution >= 0.6 is 0 Å². The summed E-state index contributed by atoms with van der Waals surface area (Å²) in [6.07, 6.45) is 1.93. The van der Waals surface area contributed by atoms with Crippen LogP contribution < -0.4 is 14.8 Å². The third kappa shape index (κ3) is 4.92. The van der Waals surface area contributed by atoms with E-state index in [2.05, 4.69) is 5.32 Å². The lowest BCUT2D eigenvalue weighted by atomic mass is 10.0. The van der Waals surface area contributed by atoms with Gasteiger partial charge in [-0.05, 0) is 42.7 Å². The Morgan fingerprint density at radius 2 is 1.93 bits per heavy atom. The number of benzene rings is 2. The highest BCUT2D eigenvalue weighted by atomic mass is 16.5. The number of amides is 2. The van der Waals surface area contributed by atoms with Crippen LogP contribution in [0.25, 0.3) is 0 Å². The van der Waals surface area contributed by atoms with E-state index in [-0.39, 0.29) is 12.1 Å². The van der Waals surface area contributed by atoms with Gasteiger partial charge in [0.25, 0.3) is 0 Å². The fourth-order valence-electron chi connectivity index (χ4n) is 3.31. The van der Waals surface area contributed by atoms with E-state index >= 15 is 0 Å². The Hall–Kier alpha value is -2.73. The average Bonchev–Trinajstić information content (AvgIpc) is 3.19. The molecule has 27 heavy (non-hydrogen) atoms. The molecule has 2 aromatic rings. The molecule has 0 spiro atoms. The molecule has 0 saturated carbocycles. The maximum absolute atomic E-state index is 12.8. The van der Waals surface area contributed by atoms with Gasteiger partial charge in [0.2, 0.25) is 0 Å². The summed E-state index contributed by atoms with van der Waals surface area (Å²) >= 11 is 0. The number of hydrogen-bond donors (Lipinski definition) is 1. The number of methoxy groups -OCH3 is 2. The second-order valence-electron chi connectivity index (χ2n) is 6.43. The number of anilines is 1. The molecule has 0 aliphatic carbocycles. The molecule has 2 amide bonds. The molecular formula is C21H26N2O4. The SMILES string of the molecule is COCCOc1cccc(NC(=O)N2CCCC2c2cccc(OC)c2)c1. The van der Waals surface area contributed by atoms with Crippen LogP contribution in [0.4, 0.5) is 10.5 Å². The lowest BCUT2D eigenvalue weighted by Gasteiger charge is -2.25. The molecular weight excluding hydrogens is 344 g/mol. The second-order valence-corrected chi connectivity index (χ2v) is 6.43. The van der Waals surface area contributed by atoms with Crippen molar-refractivity contribution < 1.29 is 19.0 Å². The second kappa shape index (κ2) is 9.28. The standard InChI is InChI=1S/C21H26N2O4/c1-25-12-13-27-19-9-4-7-17(15-19)22-21(24)23-11-5-10-20(23)16-6-3-8-18(14-16)26-2/h3-4,6-9,14-15,20H,5,10-13H2,1-2H3,(H,22,24). The number of nitrogens with zero attached hydrogens (tertiary/aromatic N) is 1. The van der Waals surface area contributed by atoms with Gasteiger partial charge in [-0.1, -0.05) is 18.2 Å². The van der Waals surface area contributed by atoms with Gasteiger partial charge in [-0.3, -0.25) is 0 Å². The van der Waals surface area contributed by atoms with E-state index in [9.17, 15) is 4.79 Å². The number of likely N-dealkylation sites (tertiary alicyclic amines) is 1. The topological polar surface area (TPSA) is 60.0 Å². The number of carbonyl (C=O) groups is 1. The molecule has 1 N–H and O–H groups in total. The van der Waals surface area contributed by atoms with Gasteiger partial charge >= 0.3 is 6.03 Å². The fraction of sp³-hybridized carbons (Fsp3) is 0.381. The summed E-state index contributed by atoms with van der Waals surface area (Å²) in [5.74, 6) is 1.51. The molecule has 3 rings (SSSR count). The summed E-state index contributed by atoms with van der Waals surface area (Å²) in [7, 11) is 3.29. The van der Waals surface area contributed by atoms with Crippen LogP contribution in [0.1, 0.15) is 24.4 Å². The van der Waals surface area contributed by atoms with E-state index in [1.165, 1.54) is 0 Å². The minimum Gasteiger partial charge on any atom is -0.497 e. The zero-order chi connectivity index (χ0) is 19.1. The van der Waals surface area contributed by atoms with E-state index in [4.69, 9.17) is 14.2 Å². The largest absolute Gasteiger partial charge is 0.497 e. The van der Waals surface area contributed by atoms with Crippen LogP contribution in [-0.4, -0.2) is 44.9 Å². The van der Waals surface area contributed by atoms with Crippen molar-refractivity contribution in [3.63, 3.8) is 0 Å². The third-order valence-electron chi connectivity index (χ3n) is 4.63. The smallest absolute Gasteiger partial charge is 0.322 e. The van der Waals surface area contributed by atoms with Crippen LogP contribution in [0.2, 0.25) is 0 Å². The molecule has 1 saturated heterocycles. The van der Waals surface area contributed by atoms with Crippen LogP contribution in [0, 0.1) is 0 Å². The Morgan fingerprint density at radius 1 is 1.11 bits per heavy atom. The van der Waals surface area contributed by atoms with Gasteiger partial charge in [0.1, 0.15) is 18.1 Å². The van der Waals surface area contributed by atoms with E-state index in [0.717, 1.165) is 30.7 Å². The van der Waals surface area contributed by atoms with Crippen LogP contribution in [0.15, 0.2) is 48.5 Å². The number of hydrogen-bond acceptors (Lipinski definition) is 4. The Kier molecular flexibility index (Phi) is 6.54. The van der Waals surface area contributed by atoms with Crippen molar-refractivity contribution >= 4 is 11.7 Å². The summed E-state index contributed by atoms with van der Waals surface area (Å²) < 4.78 is 15.9. The van der Waals surface area contributed by atoms with Crippen molar-refractivity contribution in [3.05, 3.63) is 54.1 Å². The maximum Gasteiger partial charge on any atom is 0.322 e. The molecule has 1 unspecified atom stereocenters. The molecule has 6 nitrogen and oxygen atoms in total. The molecule has 0 aromatic heterocycles. The van der Waals surface area contributed by atoms with E-state index in [0.29, 0.717) is 24.7 Å². The van der Waals surface area contributed by atoms with Gasteiger partial charge in [0, 0.05) is 25.4 Å². The van der Waals surface area contributed by atoms with Gasteiger partial charge in [0.05, 0.1) is 19.8 Å². The Morgan fingerprint density at radius 3 is 2.74 bits per heavy atom. The predicted octanol–water partition coefficient (Wildman–Crippen LogP) is 4.09. The number of rotatable bonds is 7. The van der Waals surface area contributed by atoms with Crippen molar-refractivity contribution in [1.82, 2.24) is 4.90 Å². The summed E-state index contributed by atoms with van der Waals surface area (Å²) in [4.78, 5) is 14.7. The monoisotopic (exact) mass is 370 g/mol. The highest BCUT2D eigenvalue weighted by Crippen LogP contribution is 2.34. The summed E-state index contributed by atoms with van der Waals surface area (Å²) in [5.41, 5.74) is 1.81. The molecule has 0 bridgehead atoms. The highest BCUT2D eigenvalue weighted by molar-refractivity contribution is 5.90. The molecule has 1 fully saturated rings. The van der Waals surface area contributed by atoms with E-state index in [1.54, 1.807) is 14.2 Å². The van der Waals surface area contributed by atoms with Crippen LogP contribution in [0.3, 0.4) is 0 Å². The Bertz CT molecular complexity index is 765. The minimum atomic E-state index is -0.102. The van der Waals surface area contributed by atoms with Crippen molar-refractivity contribution in [2.24, 2.45) is 0 Å². The average molecular weight is 370 g/mol. The number of nitrogens with one attached hydrogen (secondary N) is 1. The Balaban J connectivity index is 1.67. The summed E-state index contributed by atoms with van der Waals surface area (Å²) in [6.45, 7) is 1.72. The summed E-state index contributed by atoms with van der Waals surface area (Å²) in [5, 5.41) is 2.99. The first kappa shape index (κ1) is 19.0. The maximum atomic E-state index is 12.8. The van der Waals surface area contributed by atoms with Crippen LogP contribution in [-0.2, 0) is 4.74 Å². The van der Waals surface area contributed by atoms with E-state index in [1.807, 2.05) is 53.4 Å². The lowest BCUT2D eigenvalue weighted by Crippen LogP contribution is -2.34. The van der Waals surface area contributed by atoms with Gasteiger partial charge < -0.3 is 24.4 Å². The minimum absolute atomic E-state index is 0.0567. The van der Waals surface area contributed by atoms with Gasteiger partial charge in [0.15, 0.2) is 0 Å². The molecule has 1 aliphatic heterocycles. The van der Waals surface area contributed by atoms with Gasteiger partial charge in [-0.25, -0.2) is 4.79 Å². The van der Waals surface area contributed by atoms with Gasteiger partial charge in [-0.15, -0.1) is 0 Å². The number of carbonyl (C=O) groups excluding carboxylic acids is 1. The Labute approximate surface area is 160 Å². The molecule has 2 aromatic carbocycles. The first-order chi connectivity index (χ1) is 13.2. The van der Waals surface area contributed by atoms with Crippen molar-refractivity contribution in [1.29, 1.82) is 0 Å². The van der Waals surface area contributed by atoms with Crippen molar-refractivity contribution in [2.75, 3.05) is 39.3 Å². The molecule has 1 atom stereocenters. The quantitative estimate of drug-likeness (QED) is 0.746. The fourth-order valence-corrected chi connectivity index (χ4v) is 3.31. The zero-order valence-electron chi connectivity index (χ0n) is 15.8. The molecule has 6 heteroatoms. The van der Waals surface area contributed by atoms with Crippen molar-refractivity contribution in [3.8, 4) is 11.5 Å². The zero-order valence-corrected chi connectivity index (χ0v) is 15.8. The highest BCUT2D eigenvalue weighted by Gasteiger charge is 2.30. The molecule has 1 aliphatic rings. The molecule has 0 radical (unpaired) electrons. The number of urea groups is 1. The third-order valence-corrected chi connectivity index (χ3v) is 4.63. The normalized spacial score (nSPS) is 16.2. The van der Waals surface area contributed by atoms with E-state index < -0.39 is 0 Å². The summed E-state index contributed by atoms with van der Waals surface area (Å²) in [6, 6.07) is 15.3. The van der Waals surface area contributed by atoms with Gasteiger partial charge in [-0.2, -0.15) is 0 Å². The lowest BCUT2D eigenvalue weighted by molar-refractivity contribution is 0.146. The first-order valence-electron chi connectivity index (χ1n) is 9.14. The number of ether oxygens (including phenoxy) is 3. The first-order valence-corrected chi connectivity index (χ1v) is 9.14. The predicted molar refractivity (Wildman–Crippen MR) is 105 cm³/mol. The molecule has 144 valence electrons. The molecule has 1 heterocycles. The van der Waals surface area contributed by atoms with Crippen molar-refractivity contribution in [2.45, 2.75) is 18.9 Å².